The van der Waals surface area contributed by atoms with Gasteiger partial charge in [-0.15, -0.1) is 5.10 Å². The van der Waals surface area contributed by atoms with Crippen LogP contribution in [0.25, 0.3) is 0 Å². The van der Waals surface area contributed by atoms with E-state index in [-0.39, 0.29) is 0 Å². The second-order valence-electron chi connectivity index (χ2n) is 5.06. The van der Waals surface area contributed by atoms with Crippen molar-refractivity contribution in [1.82, 2.24) is 10.2 Å². The molecule has 0 atom stereocenters. The van der Waals surface area contributed by atoms with Crippen LogP contribution in [0.1, 0.15) is 36.6 Å². The molecule has 108 valence electrons. The van der Waals surface area contributed by atoms with Gasteiger partial charge in [0, 0.05) is 12.2 Å². The number of nitriles is 1. The number of unbranched alkanes of at least 4 members (excludes halogenated alkanes) is 1. The Morgan fingerprint density at radius 3 is 2.48 bits per heavy atom. The van der Waals surface area contributed by atoms with Crippen molar-refractivity contribution in [3.8, 4) is 6.07 Å². The highest BCUT2D eigenvalue weighted by Gasteiger charge is 2.18. The molecule has 0 saturated heterocycles. The first-order valence-electron chi connectivity index (χ1n) is 7.25. The van der Waals surface area contributed by atoms with Crippen LogP contribution in [0, 0.1) is 25.2 Å². The van der Waals surface area contributed by atoms with E-state index in [0.717, 1.165) is 36.3 Å². The Kier molecular flexibility index (Phi) is 4.89. The van der Waals surface area contributed by atoms with Gasteiger partial charge in [-0.05, 0) is 38.0 Å². The maximum Gasteiger partial charge on any atom is 0.173 e. The number of benzene rings is 1. The van der Waals surface area contributed by atoms with Crippen LogP contribution < -0.4 is 4.90 Å². The third-order valence-corrected chi connectivity index (χ3v) is 3.61. The van der Waals surface area contributed by atoms with Gasteiger partial charge in [-0.25, -0.2) is 0 Å². The lowest BCUT2D eigenvalue weighted by molar-refractivity contribution is 0.769. The Morgan fingerprint density at radius 1 is 1.14 bits per heavy atom. The van der Waals surface area contributed by atoms with Crippen LogP contribution in [-0.2, 0) is 0 Å². The molecule has 0 aliphatic heterocycles. The molecule has 0 fully saturated rings. The fourth-order valence-corrected chi connectivity index (χ4v) is 2.20. The molecular formula is C17H20N4. The number of hydrogen-bond donors (Lipinski definition) is 0. The van der Waals surface area contributed by atoms with Gasteiger partial charge in [0.05, 0.1) is 5.69 Å². The fourth-order valence-electron chi connectivity index (χ4n) is 2.20. The minimum absolute atomic E-state index is 0.613. The molecule has 21 heavy (non-hydrogen) atoms. The lowest BCUT2D eigenvalue weighted by Gasteiger charge is -2.24. The topological polar surface area (TPSA) is 52.8 Å². The second kappa shape index (κ2) is 6.85. The molecule has 4 heteroatoms. The van der Waals surface area contributed by atoms with Crippen LogP contribution in [0.4, 0.5) is 11.5 Å². The van der Waals surface area contributed by atoms with E-state index in [9.17, 15) is 5.26 Å². The molecule has 2 aromatic rings. The highest BCUT2D eigenvalue weighted by molar-refractivity contribution is 5.67. The minimum Gasteiger partial charge on any atom is -0.324 e. The molecule has 0 spiro atoms. The molecule has 2 rings (SSSR count). The van der Waals surface area contributed by atoms with Crippen molar-refractivity contribution in [3.05, 3.63) is 47.2 Å². The first-order valence-corrected chi connectivity index (χ1v) is 7.25. The normalized spacial score (nSPS) is 10.2. The molecule has 0 unspecified atom stereocenters. The smallest absolute Gasteiger partial charge is 0.173 e. The van der Waals surface area contributed by atoms with E-state index in [0.29, 0.717) is 11.4 Å². The lowest BCUT2D eigenvalue weighted by atomic mass is 10.1. The third kappa shape index (κ3) is 3.19. The van der Waals surface area contributed by atoms with Gasteiger partial charge in [0.25, 0.3) is 0 Å². The Morgan fingerprint density at radius 2 is 1.86 bits per heavy atom. The molecule has 4 nitrogen and oxygen atoms in total. The average Bonchev–Trinajstić information content (AvgIpc) is 2.52. The number of rotatable bonds is 5. The fraction of sp³-hybridized carbons (Fsp3) is 0.353. The van der Waals surface area contributed by atoms with Crippen LogP contribution in [0.5, 0.6) is 0 Å². The van der Waals surface area contributed by atoms with Gasteiger partial charge in [0.15, 0.2) is 5.82 Å². The van der Waals surface area contributed by atoms with E-state index in [1.807, 2.05) is 44.2 Å². The van der Waals surface area contributed by atoms with Crippen molar-refractivity contribution in [2.45, 2.75) is 33.6 Å². The average molecular weight is 280 g/mol. The molecule has 0 aliphatic rings. The molecule has 0 N–H and O–H groups in total. The first kappa shape index (κ1) is 15.0. The lowest BCUT2D eigenvalue weighted by Crippen LogP contribution is -2.22. The number of hydrogen-bond acceptors (Lipinski definition) is 4. The summed E-state index contributed by atoms with van der Waals surface area (Å²) in [5.41, 5.74) is 3.36. The largest absolute Gasteiger partial charge is 0.324 e. The molecular weight excluding hydrogens is 260 g/mol. The monoisotopic (exact) mass is 280 g/mol. The Labute approximate surface area is 126 Å². The van der Waals surface area contributed by atoms with E-state index in [1.165, 1.54) is 0 Å². The molecule has 0 bridgehead atoms. The molecule has 1 aromatic heterocycles. The van der Waals surface area contributed by atoms with Gasteiger partial charge in [0.1, 0.15) is 11.6 Å². The highest BCUT2D eigenvalue weighted by Crippen LogP contribution is 2.28. The van der Waals surface area contributed by atoms with Gasteiger partial charge in [0.2, 0.25) is 0 Å². The zero-order chi connectivity index (χ0) is 15.2. The summed E-state index contributed by atoms with van der Waals surface area (Å²) in [4.78, 5) is 2.08. The van der Waals surface area contributed by atoms with Gasteiger partial charge < -0.3 is 4.90 Å². The third-order valence-electron chi connectivity index (χ3n) is 3.61. The van der Waals surface area contributed by atoms with E-state index in [1.54, 1.807) is 0 Å². The van der Waals surface area contributed by atoms with Gasteiger partial charge in [-0.1, -0.05) is 31.5 Å². The summed E-state index contributed by atoms with van der Waals surface area (Å²) in [5.74, 6) is 0.653. The minimum atomic E-state index is 0.613. The van der Waals surface area contributed by atoms with E-state index >= 15 is 0 Å². The van der Waals surface area contributed by atoms with E-state index in [2.05, 4.69) is 28.1 Å². The molecule has 1 aromatic carbocycles. The number of aromatic nitrogens is 2. The van der Waals surface area contributed by atoms with Crippen LogP contribution in [-0.4, -0.2) is 16.7 Å². The zero-order valence-corrected chi connectivity index (χ0v) is 12.8. The standard InChI is InChI=1S/C17H20N4/c1-4-5-11-21(15-9-7-6-8-10-15)17-16(12-18)13(2)14(3)19-20-17/h6-10H,4-5,11H2,1-3H3. The SMILES string of the molecule is CCCCN(c1ccccc1)c1nnc(C)c(C)c1C#N. The summed E-state index contributed by atoms with van der Waals surface area (Å²) in [5, 5.41) is 18.0. The summed E-state index contributed by atoms with van der Waals surface area (Å²) in [6, 6.07) is 12.3. The number of para-hydroxylation sites is 1. The highest BCUT2D eigenvalue weighted by atomic mass is 15.3. The van der Waals surface area contributed by atoms with Crippen LogP contribution in [0.15, 0.2) is 30.3 Å². The predicted octanol–water partition coefficient (Wildman–Crippen LogP) is 3.90. The maximum absolute atomic E-state index is 9.50. The Bertz CT molecular complexity index is 644. The van der Waals surface area contributed by atoms with Crippen LogP contribution in [0.2, 0.25) is 0 Å². The summed E-state index contributed by atoms with van der Waals surface area (Å²) < 4.78 is 0. The summed E-state index contributed by atoms with van der Waals surface area (Å²) in [6.45, 7) is 6.79. The summed E-state index contributed by atoms with van der Waals surface area (Å²) >= 11 is 0. The van der Waals surface area contributed by atoms with Crippen molar-refractivity contribution in [2.75, 3.05) is 11.4 Å². The van der Waals surface area contributed by atoms with Crippen molar-refractivity contribution >= 4 is 11.5 Å². The number of anilines is 2. The Hall–Kier alpha value is -2.41. The first-order chi connectivity index (χ1) is 10.2. The van der Waals surface area contributed by atoms with Crippen molar-refractivity contribution in [3.63, 3.8) is 0 Å². The summed E-state index contributed by atoms with van der Waals surface area (Å²) in [6.07, 6.45) is 2.12. The molecule has 0 amide bonds. The van der Waals surface area contributed by atoms with Crippen molar-refractivity contribution in [1.29, 1.82) is 5.26 Å². The molecule has 0 saturated carbocycles. The van der Waals surface area contributed by atoms with E-state index < -0.39 is 0 Å². The second-order valence-corrected chi connectivity index (χ2v) is 5.06. The van der Waals surface area contributed by atoms with Gasteiger partial charge in [-0.2, -0.15) is 10.4 Å². The maximum atomic E-state index is 9.50. The van der Waals surface area contributed by atoms with Crippen molar-refractivity contribution in [2.24, 2.45) is 0 Å². The number of aryl methyl sites for hydroxylation is 1. The quantitative estimate of drug-likeness (QED) is 0.833. The molecule has 0 radical (unpaired) electrons. The van der Waals surface area contributed by atoms with Crippen LogP contribution in [0.3, 0.4) is 0 Å². The predicted molar refractivity (Wildman–Crippen MR) is 84.6 cm³/mol. The van der Waals surface area contributed by atoms with Gasteiger partial charge >= 0.3 is 0 Å². The Balaban J connectivity index is 2.52. The summed E-state index contributed by atoms with van der Waals surface area (Å²) in [7, 11) is 0. The van der Waals surface area contributed by atoms with E-state index in [4.69, 9.17) is 0 Å². The van der Waals surface area contributed by atoms with Crippen LogP contribution >= 0.6 is 0 Å². The molecule has 0 aliphatic carbocycles. The zero-order valence-electron chi connectivity index (χ0n) is 12.8. The van der Waals surface area contributed by atoms with Gasteiger partial charge in [-0.3, -0.25) is 0 Å². The number of nitrogens with zero attached hydrogens (tertiary/aromatic N) is 4. The molecule has 1 heterocycles. The van der Waals surface area contributed by atoms with Crippen molar-refractivity contribution < 1.29 is 0 Å².